The van der Waals surface area contributed by atoms with Gasteiger partial charge < -0.3 is 30.2 Å². The summed E-state index contributed by atoms with van der Waals surface area (Å²) in [6.07, 6.45) is -0.734. The Morgan fingerprint density at radius 2 is 1.88 bits per heavy atom. The number of hydrogen-bond donors (Lipinski definition) is 3. The van der Waals surface area contributed by atoms with E-state index in [9.17, 15) is 19.2 Å². The molecule has 0 saturated carbocycles. The summed E-state index contributed by atoms with van der Waals surface area (Å²) in [6, 6.07) is 3.14. The monoisotopic (exact) mass is 450 g/mol. The second-order valence-electron chi connectivity index (χ2n) is 7.54. The topological polar surface area (TPSA) is 145 Å². The Morgan fingerprint density at radius 1 is 1.16 bits per heavy atom. The number of carbonyl (C=O) groups excluding carboxylic acids is 4. The minimum atomic E-state index is -1.11. The predicted molar refractivity (Wildman–Crippen MR) is 113 cm³/mol. The van der Waals surface area contributed by atoms with Gasteiger partial charge in [-0.1, -0.05) is 19.9 Å². The number of fused-ring (bicyclic) bond motifs is 2. The first kappa shape index (κ1) is 25.2. The van der Waals surface area contributed by atoms with Gasteiger partial charge in [0.2, 0.25) is 11.7 Å². The van der Waals surface area contributed by atoms with E-state index in [1.807, 2.05) is 0 Å². The number of amides is 3. The number of ketones is 1. The number of rotatable bonds is 10. The summed E-state index contributed by atoms with van der Waals surface area (Å²) < 4.78 is 15.1. The number of nitrogens with zero attached hydrogens (tertiary/aromatic N) is 1. The fourth-order valence-corrected chi connectivity index (χ4v) is 2.98. The average Bonchev–Trinajstić information content (AvgIpc) is 2.79. The Labute approximate surface area is 186 Å². The van der Waals surface area contributed by atoms with Crippen molar-refractivity contribution in [1.82, 2.24) is 20.9 Å². The quantitative estimate of drug-likeness (QED) is 0.326. The van der Waals surface area contributed by atoms with Gasteiger partial charge in [0, 0.05) is 19.2 Å². The SMILES string of the molecule is COCCOCCOC(=O)NC(C(=O)NC1Cc2cccc(n2)CNC(=O)C1=O)C(C)C. The van der Waals surface area contributed by atoms with Crippen molar-refractivity contribution in [1.29, 1.82) is 0 Å². The molecule has 3 N–H and O–H groups in total. The van der Waals surface area contributed by atoms with Gasteiger partial charge in [0.05, 0.1) is 32.1 Å². The molecule has 2 atom stereocenters. The van der Waals surface area contributed by atoms with Gasteiger partial charge in [-0.25, -0.2) is 4.79 Å². The zero-order chi connectivity index (χ0) is 23.5. The number of aromatic nitrogens is 1. The third-order valence-electron chi connectivity index (χ3n) is 4.68. The molecule has 2 rings (SSSR count). The van der Waals surface area contributed by atoms with E-state index in [-0.39, 0.29) is 32.1 Å². The molecule has 2 heterocycles. The number of methoxy groups -OCH3 is 1. The Kier molecular flexibility index (Phi) is 10.0. The molecule has 1 aliphatic heterocycles. The summed E-state index contributed by atoms with van der Waals surface area (Å²) in [5.74, 6) is -2.49. The molecular formula is C21H30N4O7. The number of Topliss-reactive ketones (excluding diaryl/α,β-unsaturated/α-hetero) is 1. The minimum Gasteiger partial charge on any atom is -0.447 e. The molecule has 3 amide bonds. The second-order valence-corrected chi connectivity index (χ2v) is 7.54. The summed E-state index contributed by atoms with van der Waals surface area (Å²) in [4.78, 5) is 54.1. The highest BCUT2D eigenvalue weighted by atomic mass is 16.6. The van der Waals surface area contributed by atoms with Gasteiger partial charge in [-0.3, -0.25) is 19.4 Å². The van der Waals surface area contributed by atoms with Crippen LogP contribution in [0.3, 0.4) is 0 Å². The fraction of sp³-hybridized carbons (Fsp3) is 0.571. The highest BCUT2D eigenvalue weighted by Crippen LogP contribution is 2.09. The zero-order valence-electron chi connectivity index (χ0n) is 18.5. The molecule has 11 nitrogen and oxygen atoms in total. The Morgan fingerprint density at radius 3 is 2.59 bits per heavy atom. The van der Waals surface area contributed by atoms with Crippen LogP contribution in [0.1, 0.15) is 25.2 Å². The third-order valence-corrected chi connectivity index (χ3v) is 4.68. The van der Waals surface area contributed by atoms with Crippen molar-refractivity contribution >= 4 is 23.7 Å². The fourth-order valence-electron chi connectivity index (χ4n) is 2.98. The molecule has 0 saturated heterocycles. The van der Waals surface area contributed by atoms with E-state index >= 15 is 0 Å². The van der Waals surface area contributed by atoms with Crippen molar-refractivity contribution in [2.24, 2.45) is 5.92 Å². The van der Waals surface area contributed by atoms with Crippen molar-refractivity contribution in [3.63, 3.8) is 0 Å². The van der Waals surface area contributed by atoms with E-state index in [1.165, 1.54) is 0 Å². The average molecular weight is 450 g/mol. The van der Waals surface area contributed by atoms with Gasteiger partial charge in [-0.2, -0.15) is 0 Å². The molecule has 0 spiro atoms. The van der Waals surface area contributed by atoms with Crippen LogP contribution in [0.15, 0.2) is 18.2 Å². The number of nitrogens with one attached hydrogen (secondary N) is 3. The normalized spacial score (nSPS) is 16.9. The van der Waals surface area contributed by atoms with E-state index in [0.29, 0.717) is 24.6 Å². The molecule has 0 aromatic carbocycles. The van der Waals surface area contributed by atoms with Crippen LogP contribution in [-0.2, 0) is 41.6 Å². The van der Waals surface area contributed by atoms with Crippen LogP contribution in [0.2, 0.25) is 0 Å². The Hall–Kier alpha value is -3.05. The van der Waals surface area contributed by atoms with E-state index < -0.39 is 35.8 Å². The molecule has 1 aromatic rings. The first-order valence-corrected chi connectivity index (χ1v) is 10.4. The van der Waals surface area contributed by atoms with Crippen LogP contribution >= 0.6 is 0 Å². The van der Waals surface area contributed by atoms with Crippen molar-refractivity contribution in [2.75, 3.05) is 33.5 Å². The molecule has 1 aliphatic rings. The molecule has 0 fully saturated rings. The highest BCUT2D eigenvalue weighted by molar-refractivity contribution is 6.38. The lowest BCUT2D eigenvalue weighted by Crippen LogP contribution is -2.56. The van der Waals surface area contributed by atoms with E-state index in [1.54, 1.807) is 39.2 Å². The molecule has 0 aliphatic carbocycles. The maximum absolute atomic E-state index is 12.9. The number of hydrogen-bond acceptors (Lipinski definition) is 8. The first-order chi connectivity index (χ1) is 15.3. The largest absolute Gasteiger partial charge is 0.447 e. The van der Waals surface area contributed by atoms with Crippen molar-refractivity contribution in [3.05, 3.63) is 29.6 Å². The van der Waals surface area contributed by atoms with Crippen LogP contribution in [0, 0.1) is 5.92 Å². The first-order valence-electron chi connectivity index (χ1n) is 10.4. The molecule has 32 heavy (non-hydrogen) atoms. The second kappa shape index (κ2) is 12.7. The van der Waals surface area contributed by atoms with Crippen LogP contribution in [0.4, 0.5) is 4.79 Å². The number of alkyl carbamates (subject to hydrolysis) is 1. The Bertz CT molecular complexity index is 815. The molecule has 1 aromatic heterocycles. The van der Waals surface area contributed by atoms with E-state index in [0.717, 1.165) is 0 Å². The summed E-state index contributed by atoms with van der Waals surface area (Å²) in [7, 11) is 1.55. The summed E-state index contributed by atoms with van der Waals surface area (Å²) in [5, 5.41) is 7.58. The lowest BCUT2D eigenvalue weighted by molar-refractivity contribution is -0.140. The minimum absolute atomic E-state index is 0.00523. The lowest BCUT2D eigenvalue weighted by Gasteiger charge is -2.24. The van der Waals surface area contributed by atoms with Gasteiger partial charge >= 0.3 is 6.09 Å². The zero-order valence-corrected chi connectivity index (χ0v) is 18.5. The number of pyridine rings is 1. The van der Waals surface area contributed by atoms with Crippen LogP contribution in [0.5, 0.6) is 0 Å². The standard InChI is InChI=1S/C21H30N4O7/c1-13(2)17(25-21(29)32-10-9-31-8-7-30-3)19(27)24-16-11-14-5-4-6-15(23-14)12-22-20(28)18(16)26/h4-6,13,16-17H,7-12H2,1-3H3,(H,22,28)(H,24,27)(H,25,29). The van der Waals surface area contributed by atoms with Gasteiger partial charge in [0.15, 0.2) is 0 Å². The number of ether oxygens (including phenoxy) is 3. The van der Waals surface area contributed by atoms with Crippen molar-refractivity contribution in [3.8, 4) is 0 Å². The van der Waals surface area contributed by atoms with Gasteiger partial charge in [-0.05, 0) is 18.1 Å². The lowest BCUT2D eigenvalue weighted by atomic mass is 10.0. The van der Waals surface area contributed by atoms with Crippen LogP contribution in [0.25, 0.3) is 0 Å². The predicted octanol–water partition coefficient (Wildman–Crippen LogP) is -0.278. The highest BCUT2D eigenvalue weighted by Gasteiger charge is 2.32. The molecule has 176 valence electrons. The summed E-state index contributed by atoms with van der Waals surface area (Å²) in [5.41, 5.74) is 1.19. The maximum atomic E-state index is 12.9. The Balaban J connectivity index is 1.97. The maximum Gasteiger partial charge on any atom is 0.407 e. The molecule has 2 unspecified atom stereocenters. The molecule has 11 heteroatoms. The van der Waals surface area contributed by atoms with Crippen molar-refractivity contribution < 1.29 is 33.4 Å². The smallest absolute Gasteiger partial charge is 0.407 e. The van der Waals surface area contributed by atoms with Gasteiger partial charge in [0.1, 0.15) is 18.7 Å². The molecule has 2 bridgehead atoms. The van der Waals surface area contributed by atoms with Gasteiger partial charge in [-0.15, -0.1) is 0 Å². The van der Waals surface area contributed by atoms with Crippen LogP contribution < -0.4 is 16.0 Å². The van der Waals surface area contributed by atoms with Crippen molar-refractivity contribution in [2.45, 2.75) is 38.9 Å². The summed E-state index contributed by atoms with van der Waals surface area (Å²) in [6.45, 7) is 4.59. The van der Waals surface area contributed by atoms with Gasteiger partial charge in [0.25, 0.3) is 5.91 Å². The van der Waals surface area contributed by atoms with E-state index in [4.69, 9.17) is 14.2 Å². The third kappa shape index (κ3) is 7.89. The van der Waals surface area contributed by atoms with Crippen LogP contribution in [-0.4, -0.2) is 74.3 Å². The molecular weight excluding hydrogens is 420 g/mol. The molecule has 0 radical (unpaired) electrons. The summed E-state index contributed by atoms with van der Waals surface area (Å²) >= 11 is 0. The number of carbonyl (C=O) groups is 4. The van der Waals surface area contributed by atoms with E-state index in [2.05, 4.69) is 20.9 Å².